The number of para-hydroxylation sites is 1. The Labute approximate surface area is 178 Å². The molecule has 0 unspecified atom stereocenters. The molecule has 3 amide bonds. The summed E-state index contributed by atoms with van der Waals surface area (Å²) in [6.45, 7) is 0. The van der Waals surface area contributed by atoms with E-state index in [1.54, 1.807) is 42.5 Å². The van der Waals surface area contributed by atoms with Crippen molar-refractivity contribution in [3.05, 3.63) is 107 Å². The lowest BCUT2D eigenvalue weighted by Crippen LogP contribution is -2.41. The van der Waals surface area contributed by atoms with Crippen LogP contribution in [0.3, 0.4) is 0 Å². The van der Waals surface area contributed by atoms with Crippen molar-refractivity contribution in [2.24, 2.45) is 0 Å². The van der Waals surface area contributed by atoms with Crippen molar-refractivity contribution in [3.63, 3.8) is 0 Å². The number of carbonyl (C=O) groups is 3. The van der Waals surface area contributed by atoms with Crippen LogP contribution in [0.5, 0.6) is 0 Å². The van der Waals surface area contributed by atoms with Crippen LogP contribution in [0.2, 0.25) is 5.02 Å². The molecule has 0 saturated heterocycles. The number of hydrogen-bond donors (Lipinski definition) is 3. The number of hydrogen-bond acceptors (Lipinski definition) is 3. The van der Waals surface area contributed by atoms with Crippen LogP contribution in [-0.4, -0.2) is 17.7 Å². The minimum absolute atomic E-state index is 0.204. The molecule has 0 aliphatic rings. The maximum Gasteiger partial charge on any atom is 0.271 e. The zero-order chi connectivity index (χ0) is 21.3. The minimum atomic E-state index is -0.569. The molecule has 0 radical (unpaired) electrons. The zero-order valence-electron chi connectivity index (χ0n) is 15.8. The fraction of sp³-hybridized carbons (Fsp3) is 0. The van der Waals surface area contributed by atoms with Crippen molar-refractivity contribution >= 4 is 41.1 Å². The third-order valence-corrected chi connectivity index (χ3v) is 4.30. The predicted octanol–water partition coefficient (Wildman–Crippen LogP) is 4.07. The Morgan fingerprint density at radius 3 is 2.10 bits per heavy atom. The van der Waals surface area contributed by atoms with Crippen LogP contribution in [0, 0.1) is 0 Å². The fourth-order valence-electron chi connectivity index (χ4n) is 2.55. The highest BCUT2D eigenvalue weighted by molar-refractivity contribution is 6.30. The molecule has 0 heterocycles. The maximum absolute atomic E-state index is 12.5. The molecule has 3 rings (SSSR count). The summed E-state index contributed by atoms with van der Waals surface area (Å²) in [5, 5.41) is 3.17. The SMILES string of the molecule is O=C(/C=C/c1ccccc1)Nc1ccccc1C(=O)NNC(=O)c1ccc(Cl)cc1. The second kappa shape index (κ2) is 10.0. The topological polar surface area (TPSA) is 87.3 Å². The zero-order valence-corrected chi connectivity index (χ0v) is 16.5. The standard InChI is InChI=1S/C23H18ClN3O3/c24-18-13-11-17(12-14-18)22(29)26-27-23(30)19-8-4-5-9-20(19)25-21(28)15-10-16-6-2-1-3-7-16/h1-15H,(H,25,28)(H,26,29)(H,27,30)/b15-10+. The van der Waals surface area contributed by atoms with Gasteiger partial charge in [-0.1, -0.05) is 54.1 Å². The highest BCUT2D eigenvalue weighted by Gasteiger charge is 2.13. The van der Waals surface area contributed by atoms with Crippen molar-refractivity contribution in [1.82, 2.24) is 10.9 Å². The second-order valence-electron chi connectivity index (χ2n) is 6.19. The fourth-order valence-corrected chi connectivity index (χ4v) is 2.68. The normalized spacial score (nSPS) is 10.4. The van der Waals surface area contributed by atoms with E-state index in [2.05, 4.69) is 16.2 Å². The molecule has 6 nitrogen and oxygen atoms in total. The van der Waals surface area contributed by atoms with Gasteiger partial charge in [0.15, 0.2) is 0 Å². The van der Waals surface area contributed by atoms with Gasteiger partial charge >= 0.3 is 0 Å². The number of anilines is 1. The molecule has 3 N–H and O–H groups in total. The summed E-state index contributed by atoms with van der Waals surface area (Å²) in [6, 6.07) is 22.1. The highest BCUT2D eigenvalue weighted by Crippen LogP contribution is 2.15. The van der Waals surface area contributed by atoms with Crippen molar-refractivity contribution in [2.45, 2.75) is 0 Å². The minimum Gasteiger partial charge on any atom is -0.322 e. The first-order valence-corrected chi connectivity index (χ1v) is 9.40. The van der Waals surface area contributed by atoms with Crippen molar-refractivity contribution < 1.29 is 14.4 Å². The van der Waals surface area contributed by atoms with Gasteiger partial charge in [0, 0.05) is 16.7 Å². The van der Waals surface area contributed by atoms with Crippen molar-refractivity contribution in [3.8, 4) is 0 Å². The molecule has 0 aliphatic heterocycles. The van der Waals surface area contributed by atoms with E-state index in [1.807, 2.05) is 30.3 Å². The molecule has 3 aromatic rings. The van der Waals surface area contributed by atoms with E-state index in [0.717, 1.165) is 5.56 Å². The summed E-state index contributed by atoms with van der Waals surface area (Å²) >= 11 is 5.80. The molecular weight excluding hydrogens is 402 g/mol. The Morgan fingerprint density at radius 1 is 0.733 bits per heavy atom. The summed E-state index contributed by atoms with van der Waals surface area (Å²) in [5.74, 6) is -1.45. The summed E-state index contributed by atoms with van der Waals surface area (Å²) in [6.07, 6.45) is 3.05. The molecule has 0 saturated carbocycles. The number of rotatable bonds is 5. The molecule has 0 atom stereocenters. The lowest BCUT2D eigenvalue weighted by Gasteiger charge is -2.11. The largest absolute Gasteiger partial charge is 0.322 e. The van der Waals surface area contributed by atoms with Gasteiger partial charge < -0.3 is 5.32 Å². The van der Waals surface area contributed by atoms with E-state index < -0.39 is 11.8 Å². The molecule has 0 bridgehead atoms. The second-order valence-corrected chi connectivity index (χ2v) is 6.63. The van der Waals surface area contributed by atoms with Crippen LogP contribution >= 0.6 is 11.6 Å². The van der Waals surface area contributed by atoms with E-state index in [4.69, 9.17) is 11.6 Å². The first-order valence-electron chi connectivity index (χ1n) is 9.02. The lowest BCUT2D eigenvalue weighted by molar-refractivity contribution is -0.111. The molecule has 0 aromatic heterocycles. The van der Waals surface area contributed by atoms with Crippen LogP contribution in [-0.2, 0) is 4.79 Å². The van der Waals surface area contributed by atoms with Gasteiger partial charge in [0.05, 0.1) is 11.3 Å². The van der Waals surface area contributed by atoms with E-state index in [1.165, 1.54) is 18.2 Å². The first kappa shape index (κ1) is 20.8. The lowest BCUT2D eigenvalue weighted by atomic mass is 10.1. The molecule has 0 spiro atoms. The number of nitrogens with one attached hydrogen (secondary N) is 3. The van der Waals surface area contributed by atoms with E-state index in [0.29, 0.717) is 16.3 Å². The molecule has 30 heavy (non-hydrogen) atoms. The van der Waals surface area contributed by atoms with Crippen LogP contribution < -0.4 is 16.2 Å². The van der Waals surface area contributed by atoms with Gasteiger partial charge in [-0.15, -0.1) is 0 Å². The molecule has 0 fully saturated rings. The van der Waals surface area contributed by atoms with Crippen molar-refractivity contribution in [1.29, 1.82) is 0 Å². The van der Waals surface area contributed by atoms with E-state index in [-0.39, 0.29) is 11.5 Å². The van der Waals surface area contributed by atoms with Gasteiger partial charge in [0.2, 0.25) is 5.91 Å². The molecule has 7 heteroatoms. The van der Waals surface area contributed by atoms with E-state index >= 15 is 0 Å². The Morgan fingerprint density at radius 2 is 1.37 bits per heavy atom. The summed E-state index contributed by atoms with van der Waals surface area (Å²) in [4.78, 5) is 36.9. The highest BCUT2D eigenvalue weighted by atomic mass is 35.5. The first-order chi connectivity index (χ1) is 14.5. The molecular formula is C23H18ClN3O3. The van der Waals surface area contributed by atoms with Gasteiger partial charge in [-0.25, -0.2) is 0 Å². The number of hydrazine groups is 1. The molecule has 150 valence electrons. The predicted molar refractivity (Wildman–Crippen MR) is 117 cm³/mol. The van der Waals surface area contributed by atoms with Crippen LogP contribution in [0.1, 0.15) is 26.3 Å². The van der Waals surface area contributed by atoms with Crippen LogP contribution in [0.4, 0.5) is 5.69 Å². The van der Waals surface area contributed by atoms with Crippen LogP contribution in [0.15, 0.2) is 84.9 Å². The number of amides is 3. The van der Waals surface area contributed by atoms with Gasteiger partial charge in [0.25, 0.3) is 11.8 Å². The summed E-state index contributed by atoms with van der Waals surface area (Å²) in [5.41, 5.74) is 6.42. The van der Waals surface area contributed by atoms with E-state index in [9.17, 15) is 14.4 Å². The third-order valence-electron chi connectivity index (χ3n) is 4.05. The van der Waals surface area contributed by atoms with Crippen molar-refractivity contribution in [2.75, 3.05) is 5.32 Å². The maximum atomic E-state index is 12.5. The Kier molecular flexibility index (Phi) is 6.97. The smallest absolute Gasteiger partial charge is 0.271 e. The Hall–Kier alpha value is -3.90. The van der Waals surface area contributed by atoms with Gasteiger partial charge in [0.1, 0.15) is 0 Å². The van der Waals surface area contributed by atoms with Gasteiger partial charge in [-0.05, 0) is 48.0 Å². The third kappa shape index (κ3) is 5.80. The number of halogens is 1. The van der Waals surface area contributed by atoms with Gasteiger partial charge in [-0.2, -0.15) is 0 Å². The Balaban J connectivity index is 1.63. The summed E-state index contributed by atoms with van der Waals surface area (Å²) < 4.78 is 0. The molecule has 0 aliphatic carbocycles. The average molecular weight is 420 g/mol. The monoisotopic (exact) mass is 419 g/mol. The van der Waals surface area contributed by atoms with Crippen LogP contribution in [0.25, 0.3) is 6.08 Å². The van der Waals surface area contributed by atoms with Gasteiger partial charge in [-0.3, -0.25) is 25.2 Å². The Bertz CT molecular complexity index is 1080. The molecule has 3 aromatic carbocycles. The number of benzene rings is 3. The average Bonchev–Trinajstić information content (AvgIpc) is 2.77. The summed E-state index contributed by atoms with van der Waals surface area (Å²) in [7, 11) is 0. The quantitative estimate of drug-likeness (QED) is 0.430. The number of carbonyl (C=O) groups excluding carboxylic acids is 3.